The van der Waals surface area contributed by atoms with Crippen LogP contribution in [-0.2, 0) is 30.8 Å². The molecular formula is C23H28N2O6S. The maximum absolute atomic E-state index is 12.8. The van der Waals surface area contributed by atoms with Crippen LogP contribution in [0.2, 0.25) is 0 Å². The summed E-state index contributed by atoms with van der Waals surface area (Å²) in [5, 5.41) is 2.73. The van der Waals surface area contributed by atoms with Gasteiger partial charge in [0.25, 0.3) is 5.91 Å². The van der Waals surface area contributed by atoms with E-state index < -0.39 is 21.9 Å². The number of hydrogen-bond acceptors (Lipinski definition) is 6. The van der Waals surface area contributed by atoms with E-state index in [1.165, 1.54) is 23.5 Å². The second kappa shape index (κ2) is 11.1. The van der Waals surface area contributed by atoms with E-state index in [0.29, 0.717) is 31.6 Å². The zero-order valence-electron chi connectivity index (χ0n) is 18.0. The van der Waals surface area contributed by atoms with Gasteiger partial charge in [0.2, 0.25) is 10.0 Å². The second-order valence-corrected chi connectivity index (χ2v) is 9.49. The largest absolute Gasteiger partial charge is 0.497 e. The Balaban J connectivity index is 1.40. The molecule has 32 heavy (non-hydrogen) atoms. The number of nitrogens with one attached hydrogen (secondary N) is 1. The highest BCUT2D eigenvalue weighted by atomic mass is 32.2. The van der Waals surface area contributed by atoms with Gasteiger partial charge in [-0.2, -0.15) is 4.31 Å². The summed E-state index contributed by atoms with van der Waals surface area (Å²) in [6.07, 6.45) is 1.40. The van der Waals surface area contributed by atoms with E-state index in [4.69, 9.17) is 9.47 Å². The summed E-state index contributed by atoms with van der Waals surface area (Å²) in [5.41, 5.74) is 1.11. The molecule has 2 aromatic rings. The lowest BCUT2D eigenvalue weighted by atomic mass is 9.98. The van der Waals surface area contributed by atoms with Gasteiger partial charge in [-0.1, -0.05) is 30.3 Å². The number of carbonyl (C=O) groups excluding carboxylic acids is 2. The number of piperidine rings is 1. The van der Waals surface area contributed by atoms with Crippen LogP contribution in [0.15, 0.2) is 59.5 Å². The van der Waals surface area contributed by atoms with Gasteiger partial charge in [-0.05, 0) is 49.1 Å². The quantitative estimate of drug-likeness (QED) is 0.575. The second-order valence-electron chi connectivity index (χ2n) is 7.55. The molecule has 8 nitrogen and oxygen atoms in total. The average molecular weight is 461 g/mol. The molecule has 1 aliphatic heterocycles. The summed E-state index contributed by atoms with van der Waals surface area (Å²) in [7, 11) is -2.12. The summed E-state index contributed by atoms with van der Waals surface area (Å²) in [6, 6.07) is 16.0. The Morgan fingerprint density at radius 1 is 1.03 bits per heavy atom. The van der Waals surface area contributed by atoms with Crippen LogP contribution in [0, 0.1) is 5.92 Å². The molecule has 1 amide bonds. The molecule has 0 saturated carbocycles. The molecular weight excluding hydrogens is 432 g/mol. The number of methoxy groups -OCH3 is 1. The molecule has 9 heteroatoms. The number of ether oxygens (including phenoxy) is 2. The van der Waals surface area contributed by atoms with Crippen LogP contribution in [-0.4, -0.2) is 58.0 Å². The van der Waals surface area contributed by atoms with Gasteiger partial charge >= 0.3 is 5.97 Å². The number of carbonyl (C=O) groups is 2. The molecule has 0 unspecified atom stereocenters. The molecule has 1 heterocycles. The first-order valence-electron chi connectivity index (χ1n) is 10.5. The van der Waals surface area contributed by atoms with Crippen LogP contribution in [0.3, 0.4) is 0 Å². The minimum atomic E-state index is -3.63. The van der Waals surface area contributed by atoms with Crippen LogP contribution < -0.4 is 10.1 Å². The molecule has 1 fully saturated rings. The lowest BCUT2D eigenvalue weighted by Gasteiger charge is -2.30. The number of sulfonamides is 1. The van der Waals surface area contributed by atoms with Crippen LogP contribution in [0.1, 0.15) is 18.4 Å². The molecule has 0 atom stereocenters. The SMILES string of the molecule is COc1ccc(S(=O)(=O)N2CCC(C(=O)OCC(=O)NCCc3ccccc3)CC2)cc1. The minimum absolute atomic E-state index is 0.187. The van der Waals surface area contributed by atoms with Gasteiger partial charge in [0, 0.05) is 19.6 Å². The highest BCUT2D eigenvalue weighted by Crippen LogP contribution is 2.25. The Labute approximate surface area is 188 Å². The van der Waals surface area contributed by atoms with E-state index in [9.17, 15) is 18.0 Å². The Morgan fingerprint density at radius 2 is 1.69 bits per heavy atom. The average Bonchev–Trinajstić information content (AvgIpc) is 2.83. The molecule has 0 radical (unpaired) electrons. The van der Waals surface area contributed by atoms with Crippen molar-refractivity contribution in [2.75, 3.05) is 33.4 Å². The third-order valence-electron chi connectivity index (χ3n) is 5.41. The first-order chi connectivity index (χ1) is 15.4. The van der Waals surface area contributed by atoms with Gasteiger partial charge in [0.15, 0.2) is 6.61 Å². The van der Waals surface area contributed by atoms with Gasteiger partial charge in [0.1, 0.15) is 5.75 Å². The standard InChI is InChI=1S/C23H28N2O6S/c1-30-20-7-9-21(10-8-20)32(28,29)25-15-12-19(13-16-25)23(27)31-17-22(26)24-14-11-18-5-3-2-4-6-18/h2-10,19H,11-17H2,1H3,(H,24,26). The summed E-state index contributed by atoms with van der Waals surface area (Å²) >= 11 is 0. The van der Waals surface area contributed by atoms with Gasteiger partial charge in [0.05, 0.1) is 17.9 Å². The topological polar surface area (TPSA) is 102 Å². The van der Waals surface area contributed by atoms with Gasteiger partial charge in [-0.15, -0.1) is 0 Å². The molecule has 1 saturated heterocycles. The first-order valence-corrected chi connectivity index (χ1v) is 12.0. The Hall–Kier alpha value is -2.91. The molecule has 172 valence electrons. The number of amides is 1. The minimum Gasteiger partial charge on any atom is -0.497 e. The summed E-state index contributed by atoms with van der Waals surface area (Å²) in [6.45, 7) is 0.564. The molecule has 3 rings (SSSR count). The van der Waals surface area contributed by atoms with Crippen molar-refractivity contribution in [1.82, 2.24) is 9.62 Å². The molecule has 0 bridgehead atoms. The van der Waals surface area contributed by atoms with Crippen molar-refractivity contribution in [2.45, 2.75) is 24.2 Å². The number of esters is 1. The molecule has 0 aromatic heterocycles. The van der Waals surface area contributed by atoms with Crippen molar-refractivity contribution < 1.29 is 27.5 Å². The molecule has 2 aromatic carbocycles. The summed E-state index contributed by atoms with van der Waals surface area (Å²) in [4.78, 5) is 24.4. The molecule has 1 aliphatic rings. The van der Waals surface area contributed by atoms with Crippen molar-refractivity contribution in [1.29, 1.82) is 0 Å². The van der Waals surface area contributed by atoms with E-state index in [-0.39, 0.29) is 30.5 Å². The molecule has 0 spiro atoms. The van der Waals surface area contributed by atoms with Gasteiger partial charge < -0.3 is 14.8 Å². The summed E-state index contributed by atoms with van der Waals surface area (Å²) in [5.74, 6) is -0.664. The van der Waals surface area contributed by atoms with Crippen LogP contribution >= 0.6 is 0 Å². The third kappa shape index (κ3) is 6.30. The smallest absolute Gasteiger partial charge is 0.309 e. The maximum atomic E-state index is 12.8. The Bertz CT molecular complexity index is 1000. The van der Waals surface area contributed by atoms with Crippen molar-refractivity contribution in [3.63, 3.8) is 0 Å². The van der Waals surface area contributed by atoms with E-state index in [2.05, 4.69) is 5.32 Å². The third-order valence-corrected chi connectivity index (χ3v) is 7.32. The Morgan fingerprint density at radius 3 is 2.31 bits per heavy atom. The van der Waals surface area contributed by atoms with Crippen molar-refractivity contribution in [2.24, 2.45) is 5.92 Å². The monoisotopic (exact) mass is 460 g/mol. The predicted molar refractivity (Wildman–Crippen MR) is 119 cm³/mol. The number of hydrogen-bond donors (Lipinski definition) is 1. The van der Waals surface area contributed by atoms with E-state index in [1.54, 1.807) is 12.1 Å². The highest BCUT2D eigenvalue weighted by Gasteiger charge is 2.33. The summed E-state index contributed by atoms with van der Waals surface area (Å²) < 4.78 is 37.2. The van der Waals surface area contributed by atoms with Crippen molar-refractivity contribution in [3.8, 4) is 5.75 Å². The van der Waals surface area contributed by atoms with Crippen molar-refractivity contribution in [3.05, 3.63) is 60.2 Å². The normalized spacial score (nSPS) is 15.2. The van der Waals surface area contributed by atoms with Gasteiger partial charge in [-0.3, -0.25) is 9.59 Å². The fourth-order valence-corrected chi connectivity index (χ4v) is 4.99. The fraction of sp³-hybridized carbons (Fsp3) is 0.391. The lowest BCUT2D eigenvalue weighted by molar-refractivity contribution is -0.153. The predicted octanol–water partition coefficient (Wildman–Crippen LogP) is 2.00. The van der Waals surface area contributed by atoms with E-state index in [1.807, 2.05) is 30.3 Å². The maximum Gasteiger partial charge on any atom is 0.309 e. The molecule has 1 N–H and O–H groups in total. The zero-order valence-corrected chi connectivity index (χ0v) is 18.8. The number of nitrogens with zero attached hydrogens (tertiary/aromatic N) is 1. The van der Waals surface area contributed by atoms with Crippen molar-refractivity contribution >= 4 is 21.9 Å². The highest BCUT2D eigenvalue weighted by molar-refractivity contribution is 7.89. The fourth-order valence-electron chi connectivity index (χ4n) is 3.53. The number of rotatable bonds is 9. The Kier molecular flexibility index (Phi) is 8.24. The lowest BCUT2D eigenvalue weighted by Crippen LogP contribution is -2.41. The first kappa shape index (κ1) is 23.7. The zero-order chi connectivity index (χ0) is 23.0. The molecule has 0 aliphatic carbocycles. The van der Waals surface area contributed by atoms with Crippen LogP contribution in [0.5, 0.6) is 5.75 Å². The van der Waals surface area contributed by atoms with Crippen LogP contribution in [0.4, 0.5) is 0 Å². The van der Waals surface area contributed by atoms with E-state index >= 15 is 0 Å². The van der Waals surface area contributed by atoms with E-state index in [0.717, 1.165) is 5.56 Å². The van der Waals surface area contributed by atoms with Gasteiger partial charge in [-0.25, -0.2) is 8.42 Å². The number of benzene rings is 2. The van der Waals surface area contributed by atoms with Crippen LogP contribution in [0.25, 0.3) is 0 Å².